The summed E-state index contributed by atoms with van der Waals surface area (Å²) in [5, 5.41) is 9.00. The Morgan fingerprint density at radius 3 is 2.11 bits per heavy atom. The van der Waals surface area contributed by atoms with Gasteiger partial charge in [0.25, 0.3) is 0 Å². The Morgan fingerprint density at radius 2 is 1.51 bits per heavy atom. The number of ether oxygens (including phenoxy) is 3. The van der Waals surface area contributed by atoms with Gasteiger partial charge in [-0.2, -0.15) is 0 Å². The molecule has 0 amide bonds. The maximum Gasteiger partial charge on any atom is 0.238 e. The monoisotopic (exact) mass is 476 g/mol. The third kappa shape index (κ3) is 5.33. The maximum atomic E-state index is 6.06. The molecule has 0 fully saturated rings. The van der Waals surface area contributed by atoms with E-state index in [0.717, 1.165) is 22.6 Å². The van der Waals surface area contributed by atoms with Crippen molar-refractivity contribution in [1.82, 2.24) is 0 Å². The zero-order chi connectivity index (χ0) is 24.6. The Kier molecular flexibility index (Phi) is 8.37. The average molecular weight is 477 g/mol. The van der Waals surface area contributed by atoms with Gasteiger partial charge in [-0.15, -0.1) is 0 Å². The van der Waals surface area contributed by atoms with E-state index in [9.17, 15) is 0 Å². The Labute approximate surface area is 206 Å². The summed E-state index contributed by atoms with van der Waals surface area (Å²) in [5.41, 5.74) is 6.51. The second-order valence-corrected chi connectivity index (χ2v) is 8.27. The highest BCUT2D eigenvalue weighted by molar-refractivity contribution is 6.04. The third-order valence-corrected chi connectivity index (χ3v) is 6.29. The third-order valence-electron chi connectivity index (χ3n) is 6.29. The lowest BCUT2D eigenvalue weighted by atomic mass is 9.71. The molecule has 2 aliphatic heterocycles. The van der Waals surface area contributed by atoms with Gasteiger partial charge in [-0.05, 0) is 25.0 Å². The largest absolute Gasteiger partial charge is 0.492 e. The lowest BCUT2D eigenvalue weighted by Gasteiger charge is -2.42. The van der Waals surface area contributed by atoms with Crippen LogP contribution in [0.5, 0.6) is 0 Å². The molecular formula is C28H32N2O5. The molecule has 2 aliphatic rings. The fraction of sp³-hybridized carbons (Fsp3) is 0.393. The molecule has 0 saturated carbocycles. The molecule has 0 bridgehead atoms. The Balaban J connectivity index is 1.84. The second-order valence-electron chi connectivity index (χ2n) is 8.27. The van der Waals surface area contributed by atoms with Crippen LogP contribution in [0.4, 0.5) is 0 Å². The van der Waals surface area contributed by atoms with Crippen molar-refractivity contribution in [2.75, 3.05) is 20.3 Å². The lowest BCUT2D eigenvalue weighted by Crippen LogP contribution is -2.50. The van der Waals surface area contributed by atoms with Gasteiger partial charge in [0.1, 0.15) is 5.76 Å². The van der Waals surface area contributed by atoms with Crippen molar-refractivity contribution in [1.29, 1.82) is 0 Å². The predicted molar refractivity (Wildman–Crippen MR) is 134 cm³/mol. The molecule has 0 N–H and O–H groups in total. The van der Waals surface area contributed by atoms with Crippen LogP contribution < -0.4 is 0 Å². The van der Waals surface area contributed by atoms with Gasteiger partial charge in [0.2, 0.25) is 12.6 Å². The molecule has 0 aromatic heterocycles. The number of oxime groups is 2. The molecule has 0 spiro atoms. The molecule has 0 unspecified atom stereocenters. The van der Waals surface area contributed by atoms with Crippen LogP contribution >= 0.6 is 0 Å². The van der Waals surface area contributed by atoms with Crippen LogP contribution in [-0.2, 0) is 23.9 Å². The number of hydrogen-bond acceptors (Lipinski definition) is 7. The van der Waals surface area contributed by atoms with Gasteiger partial charge in [-0.25, -0.2) is 0 Å². The first-order valence-electron chi connectivity index (χ1n) is 12.0. The summed E-state index contributed by atoms with van der Waals surface area (Å²) < 4.78 is 17.8. The number of benzene rings is 2. The van der Waals surface area contributed by atoms with E-state index >= 15 is 0 Å². The Bertz CT molecular complexity index is 1080. The van der Waals surface area contributed by atoms with Crippen molar-refractivity contribution < 1.29 is 23.9 Å². The molecule has 7 nitrogen and oxygen atoms in total. The molecule has 5 atom stereocenters. The number of nitrogens with zero attached hydrogens (tertiary/aromatic N) is 2. The van der Waals surface area contributed by atoms with Crippen LogP contribution in [-0.4, -0.2) is 44.3 Å². The Hall–Kier alpha value is -3.38. The highest BCUT2D eigenvalue weighted by Crippen LogP contribution is 2.43. The van der Waals surface area contributed by atoms with Gasteiger partial charge >= 0.3 is 0 Å². The summed E-state index contributed by atoms with van der Waals surface area (Å²) in [6.45, 7) is 8.66. The SMILES string of the molecule is C=C=C(OC)[C@H]1[C@H](OCC)ON=C(c2ccccc2)[C@@H]1[C@@H]1CC(c2ccccc2)=NO[C@H]1OCC. The maximum absolute atomic E-state index is 6.06. The van der Waals surface area contributed by atoms with Gasteiger partial charge in [0.05, 0.1) is 24.5 Å². The highest BCUT2D eigenvalue weighted by Gasteiger charge is 2.51. The summed E-state index contributed by atoms with van der Waals surface area (Å²) in [6, 6.07) is 20.0. The van der Waals surface area contributed by atoms with E-state index < -0.39 is 12.6 Å². The quantitative estimate of drug-likeness (QED) is 0.370. The fourth-order valence-electron chi connectivity index (χ4n) is 4.77. The first kappa shape index (κ1) is 24.7. The molecule has 4 rings (SSSR count). The number of methoxy groups -OCH3 is 1. The molecule has 0 saturated heterocycles. The van der Waals surface area contributed by atoms with E-state index in [-0.39, 0.29) is 17.8 Å². The summed E-state index contributed by atoms with van der Waals surface area (Å²) >= 11 is 0. The lowest BCUT2D eigenvalue weighted by molar-refractivity contribution is -0.215. The van der Waals surface area contributed by atoms with Crippen molar-refractivity contribution in [3.05, 3.63) is 89.9 Å². The van der Waals surface area contributed by atoms with Gasteiger partial charge < -0.3 is 23.9 Å². The topological polar surface area (TPSA) is 70.9 Å². The van der Waals surface area contributed by atoms with Crippen molar-refractivity contribution in [2.24, 2.45) is 28.1 Å². The van der Waals surface area contributed by atoms with Crippen LogP contribution in [0.3, 0.4) is 0 Å². The fourth-order valence-corrected chi connectivity index (χ4v) is 4.77. The van der Waals surface area contributed by atoms with E-state index in [1.807, 2.05) is 74.5 Å². The van der Waals surface area contributed by atoms with E-state index in [1.54, 1.807) is 7.11 Å². The first-order chi connectivity index (χ1) is 17.2. The molecule has 2 heterocycles. The molecule has 2 aromatic rings. The molecular weight excluding hydrogens is 444 g/mol. The smallest absolute Gasteiger partial charge is 0.238 e. The van der Waals surface area contributed by atoms with Gasteiger partial charge in [-0.3, -0.25) is 0 Å². The van der Waals surface area contributed by atoms with Crippen LogP contribution in [0.15, 0.2) is 89.0 Å². The highest BCUT2D eigenvalue weighted by atomic mass is 16.8. The average Bonchev–Trinajstić information content (AvgIpc) is 2.91. The van der Waals surface area contributed by atoms with Crippen molar-refractivity contribution in [3.8, 4) is 0 Å². The standard InChI is InChI=1S/C28H32N2O5/c1-5-23(31-4)25-24(26(20-16-12-9-13-17-20)30-35-28(25)33-7-3)21-18-22(19-14-10-8-11-15-19)29-34-27(21)32-6-2/h8-17,21,24-25,27-28H,1,6-7,18H2,2-4H3/t21-,24+,25+,27+,28+/m0/s1. The molecule has 184 valence electrons. The van der Waals surface area contributed by atoms with Crippen molar-refractivity contribution in [2.45, 2.75) is 32.8 Å². The molecule has 0 aliphatic carbocycles. The van der Waals surface area contributed by atoms with Gasteiger partial charge in [-0.1, -0.05) is 83.3 Å². The summed E-state index contributed by atoms with van der Waals surface area (Å²) in [6.07, 6.45) is -0.658. The van der Waals surface area contributed by atoms with E-state index in [4.69, 9.17) is 23.9 Å². The Morgan fingerprint density at radius 1 is 0.914 bits per heavy atom. The van der Waals surface area contributed by atoms with Crippen LogP contribution in [0.1, 0.15) is 31.4 Å². The summed E-state index contributed by atoms with van der Waals surface area (Å²) in [5.74, 6) is -0.262. The second kappa shape index (κ2) is 11.8. The summed E-state index contributed by atoms with van der Waals surface area (Å²) in [7, 11) is 1.61. The van der Waals surface area contributed by atoms with Gasteiger partial charge in [0, 0.05) is 31.5 Å². The minimum absolute atomic E-state index is 0.169. The van der Waals surface area contributed by atoms with E-state index in [0.29, 0.717) is 25.4 Å². The molecule has 0 radical (unpaired) electrons. The predicted octanol–water partition coefficient (Wildman–Crippen LogP) is 5.13. The van der Waals surface area contributed by atoms with Crippen LogP contribution in [0, 0.1) is 17.8 Å². The van der Waals surface area contributed by atoms with Crippen LogP contribution in [0.2, 0.25) is 0 Å². The van der Waals surface area contributed by atoms with Crippen molar-refractivity contribution >= 4 is 11.4 Å². The minimum atomic E-state index is -0.678. The van der Waals surface area contributed by atoms with E-state index in [1.165, 1.54) is 0 Å². The molecule has 35 heavy (non-hydrogen) atoms. The first-order valence-corrected chi connectivity index (χ1v) is 12.0. The zero-order valence-corrected chi connectivity index (χ0v) is 20.4. The minimum Gasteiger partial charge on any atom is -0.492 e. The van der Waals surface area contributed by atoms with Gasteiger partial charge in [0.15, 0.2) is 0 Å². The summed E-state index contributed by atoms with van der Waals surface area (Å²) in [4.78, 5) is 11.9. The number of rotatable bonds is 9. The normalized spacial score (nSPS) is 25.9. The molecule has 7 heteroatoms. The molecule has 2 aromatic carbocycles. The van der Waals surface area contributed by atoms with E-state index in [2.05, 4.69) is 22.6 Å². The number of hydrogen-bond donors (Lipinski definition) is 0. The van der Waals surface area contributed by atoms with Crippen LogP contribution in [0.25, 0.3) is 0 Å². The van der Waals surface area contributed by atoms with Crippen molar-refractivity contribution in [3.63, 3.8) is 0 Å². The zero-order valence-electron chi connectivity index (χ0n) is 20.4.